The molecule has 2 heteroatoms. The van der Waals surface area contributed by atoms with Crippen molar-refractivity contribution in [1.82, 2.24) is 0 Å². The minimum Gasteiger partial charge on any atom is -0.378 e. The van der Waals surface area contributed by atoms with Gasteiger partial charge in [0.15, 0.2) is 0 Å². The standard InChI is InChI=1S/C22H32N2/c1-16-7-10-19(22(2,3)4)14-21(16)18(15-23)13-17-8-11-20(12-9-17)24(5)6/h7-12,14,18H,13,15,23H2,1-6H3. The Morgan fingerprint density at radius 2 is 1.62 bits per heavy atom. The minimum atomic E-state index is 0.162. The van der Waals surface area contributed by atoms with E-state index in [0.717, 1.165) is 6.42 Å². The number of aryl methyl sites for hydroxylation is 1. The van der Waals surface area contributed by atoms with Crippen LogP contribution in [-0.4, -0.2) is 20.6 Å². The fourth-order valence-corrected chi connectivity index (χ4v) is 3.08. The molecule has 24 heavy (non-hydrogen) atoms. The summed E-state index contributed by atoms with van der Waals surface area (Å²) in [5, 5.41) is 0. The SMILES string of the molecule is Cc1ccc(C(C)(C)C)cc1C(CN)Cc1ccc(N(C)C)cc1. The monoisotopic (exact) mass is 324 g/mol. The number of nitrogens with two attached hydrogens (primary N) is 1. The minimum absolute atomic E-state index is 0.162. The van der Waals surface area contributed by atoms with E-state index in [1.54, 1.807) is 0 Å². The third kappa shape index (κ3) is 4.39. The van der Waals surface area contributed by atoms with Gasteiger partial charge in [-0.3, -0.25) is 0 Å². The Bertz CT molecular complexity index is 663. The largest absolute Gasteiger partial charge is 0.378 e. The average molecular weight is 325 g/mol. The summed E-state index contributed by atoms with van der Waals surface area (Å²) in [7, 11) is 4.14. The van der Waals surface area contributed by atoms with Crippen LogP contribution in [0.1, 0.15) is 48.9 Å². The van der Waals surface area contributed by atoms with Gasteiger partial charge in [-0.25, -0.2) is 0 Å². The second-order valence-corrected chi connectivity index (χ2v) is 8.02. The maximum Gasteiger partial charge on any atom is 0.0361 e. The van der Waals surface area contributed by atoms with Gasteiger partial charge in [0.05, 0.1) is 0 Å². The van der Waals surface area contributed by atoms with Crippen molar-refractivity contribution in [3.8, 4) is 0 Å². The maximum atomic E-state index is 6.15. The Balaban J connectivity index is 2.28. The molecule has 0 heterocycles. The lowest BCUT2D eigenvalue weighted by atomic mass is 9.81. The Labute approximate surface area is 147 Å². The van der Waals surface area contributed by atoms with Crippen molar-refractivity contribution in [1.29, 1.82) is 0 Å². The Kier molecular flexibility index (Phi) is 5.71. The summed E-state index contributed by atoms with van der Waals surface area (Å²) < 4.78 is 0. The summed E-state index contributed by atoms with van der Waals surface area (Å²) in [6, 6.07) is 15.7. The van der Waals surface area contributed by atoms with E-state index in [4.69, 9.17) is 5.73 Å². The zero-order chi connectivity index (χ0) is 17.9. The van der Waals surface area contributed by atoms with Crippen LogP contribution in [0.25, 0.3) is 0 Å². The zero-order valence-electron chi connectivity index (χ0n) is 16.1. The number of nitrogens with zero attached hydrogens (tertiary/aromatic N) is 1. The van der Waals surface area contributed by atoms with Crippen LogP contribution in [-0.2, 0) is 11.8 Å². The number of hydrogen-bond donors (Lipinski definition) is 1. The zero-order valence-corrected chi connectivity index (χ0v) is 16.1. The molecular weight excluding hydrogens is 292 g/mol. The molecule has 0 aromatic heterocycles. The lowest BCUT2D eigenvalue weighted by Crippen LogP contribution is -2.18. The molecule has 1 unspecified atom stereocenters. The van der Waals surface area contributed by atoms with Crippen LogP contribution in [0, 0.1) is 6.92 Å². The highest BCUT2D eigenvalue weighted by Gasteiger charge is 2.18. The van der Waals surface area contributed by atoms with E-state index < -0.39 is 0 Å². The van der Waals surface area contributed by atoms with Crippen LogP contribution in [0.2, 0.25) is 0 Å². The topological polar surface area (TPSA) is 29.3 Å². The molecule has 0 spiro atoms. The third-order valence-electron chi connectivity index (χ3n) is 4.80. The molecule has 0 aliphatic heterocycles. The average Bonchev–Trinajstić information content (AvgIpc) is 2.52. The molecular formula is C22H32N2. The summed E-state index contributed by atoms with van der Waals surface area (Å²) in [5.41, 5.74) is 13.0. The van der Waals surface area contributed by atoms with Gasteiger partial charge in [0.1, 0.15) is 0 Å². The third-order valence-corrected chi connectivity index (χ3v) is 4.80. The quantitative estimate of drug-likeness (QED) is 0.868. The predicted octanol–water partition coefficient (Wildman–Crippen LogP) is 4.64. The maximum absolute atomic E-state index is 6.15. The van der Waals surface area contributed by atoms with Crippen LogP contribution < -0.4 is 10.6 Å². The van der Waals surface area contributed by atoms with Crippen LogP contribution in [0.15, 0.2) is 42.5 Å². The highest BCUT2D eigenvalue weighted by molar-refractivity contribution is 5.46. The van der Waals surface area contributed by atoms with Crippen molar-refractivity contribution < 1.29 is 0 Å². The van der Waals surface area contributed by atoms with E-state index in [1.165, 1.54) is 27.9 Å². The molecule has 0 amide bonds. The Hall–Kier alpha value is -1.80. The smallest absolute Gasteiger partial charge is 0.0361 e. The molecule has 0 bridgehead atoms. The molecule has 1 atom stereocenters. The van der Waals surface area contributed by atoms with Crippen LogP contribution in [0.3, 0.4) is 0 Å². The van der Waals surface area contributed by atoms with Crippen LogP contribution >= 0.6 is 0 Å². The van der Waals surface area contributed by atoms with Gasteiger partial charge in [0.25, 0.3) is 0 Å². The van der Waals surface area contributed by atoms with Crippen molar-refractivity contribution in [2.45, 2.75) is 45.4 Å². The van der Waals surface area contributed by atoms with E-state index in [-0.39, 0.29) is 5.41 Å². The van der Waals surface area contributed by atoms with Crippen LogP contribution in [0.4, 0.5) is 5.69 Å². The molecule has 0 fully saturated rings. The van der Waals surface area contributed by atoms with Crippen LogP contribution in [0.5, 0.6) is 0 Å². The molecule has 0 saturated heterocycles. The fourth-order valence-electron chi connectivity index (χ4n) is 3.08. The highest BCUT2D eigenvalue weighted by Crippen LogP contribution is 2.30. The van der Waals surface area contributed by atoms with Crippen molar-refractivity contribution in [2.75, 3.05) is 25.5 Å². The molecule has 0 aliphatic carbocycles. The lowest BCUT2D eigenvalue weighted by molar-refractivity contribution is 0.586. The first-order chi connectivity index (χ1) is 11.2. The molecule has 0 radical (unpaired) electrons. The van der Waals surface area contributed by atoms with Crippen molar-refractivity contribution in [3.05, 3.63) is 64.7 Å². The van der Waals surface area contributed by atoms with Crippen molar-refractivity contribution >= 4 is 5.69 Å². The lowest BCUT2D eigenvalue weighted by Gasteiger charge is -2.24. The van der Waals surface area contributed by atoms with Gasteiger partial charge >= 0.3 is 0 Å². The molecule has 2 rings (SSSR count). The van der Waals surface area contributed by atoms with E-state index in [0.29, 0.717) is 12.5 Å². The van der Waals surface area contributed by atoms with E-state index in [1.807, 2.05) is 0 Å². The van der Waals surface area contributed by atoms with Gasteiger partial charge in [0.2, 0.25) is 0 Å². The first kappa shape index (κ1) is 18.5. The van der Waals surface area contributed by atoms with Gasteiger partial charge in [-0.15, -0.1) is 0 Å². The molecule has 130 valence electrons. The first-order valence-corrected chi connectivity index (χ1v) is 8.79. The van der Waals surface area contributed by atoms with Gasteiger partial charge in [0, 0.05) is 25.7 Å². The molecule has 2 aromatic carbocycles. The predicted molar refractivity (Wildman–Crippen MR) is 106 cm³/mol. The summed E-state index contributed by atoms with van der Waals surface area (Å²) >= 11 is 0. The summed E-state index contributed by atoms with van der Waals surface area (Å²) in [6.07, 6.45) is 0.985. The normalized spacial score (nSPS) is 13.0. The number of benzene rings is 2. The number of rotatable bonds is 5. The van der Waals surface area contributed by atoms with Crippen molar-refractivity contribution in [2.24, 2.45) is 5.73 Å². The molecule has 2 aromatic rings. The van der Waals surface area contributed by atoms with E-state index >= 15 is 0 Å². The van der Waals surface area contributed by atoms with Gasteiger partial charge in [-0.1, -0.05) is 51.1 Å². The Morgan fingerprint density at radius 3 is 2.12 bits per heavy atom. The van der Waals surface area contributed by atoms with Crippen molar-refractivity contribution in [3.63, 3.8) is 0 Å². The van der Waals surface area contributed by atoms with Gasteiger partial charge < -0.3 is 10.6 Å². The molecule has 2 nitrogen and oxygen atoms in total. The second kappa shape index (κ2) is 7.40. The van der Waals surface area contributed by atoms with E-state index in [2.05, 4.69) is 89.2 Å². The highest BCUT2D eigenvalue weighted by atomic mass is 15.1. The molecule has 0 aliphatic rings. The van der Waals surface area contributed by atoms with Gasteiger partial charge in [-0.2, -0.15) is 0 Å². The summed E-state index contributed by atoms with van der Waals surface area (Å²) in [4.78, 5) is 2.13. The fraction of sp³-hybridized carbons (Fsp3) is 0.455. The molecule has 2 N–H and O–H groups in total. The molecule has 0 saturated carbocycles. The summed E-state index contributed by atoms with van der Waals surface area (Å²) in [6.45, 7) is 9.65. The summed E-state index contributed by atoms with van der Waals surface area (Å²) in [5.74, 6) is 0.359. The number of hydrogen-bond acceptors (Lipinski definition) is 2. The first-order valence-electron chi connectivity index (χ1n) is 8.79. The Morgan fingerprint density at radius 1 is 1.00 bits per heavy atom. The number of anilines is 1. The van der Waals surface area contributed by atoms with Gasteiger partial charge in [-0.05, 0) is 59.7 Å². The second-order valence-electron chi connectivity index (χ2n) is 8.02. The van der Waals surface area contributed by atoms with E-state index in [9.17, 15) is 0 Å².